The number of rotatable bonds is 4. The van der Waals surface area contributed by atoms with Crippen molar-refractivity contribution in [3.8, 4) is 5.75 Å². The third-order valence-corrected chi connectivity index (χ3v) is 6.21. The first-order chi connectivity index (χ1) is 14.1. The normalized spacial score (nSPS) is 26.7. The molecule has 0 aromatic heterocycles. The zero-order valence-corrected chi connectivity index (χ0v) is 15.9. The first kappa shape index (κ1) is 17.7. The van der Waals surface area contributed by atoms with Gasteiger partial charge in [-0.05, 0) is 66.8 Å². The van der Waals surface area contributed by atoms with Gasteiger partial charge < -0.3 is 10.1 Å². The Morgan fingerprint density at radius 1 is 0.931 bits per heavy atom. The minimum atomic E-state index is -0.264. The number of benzene rings is 2. The highest BCUT2D eigenvalue weighted by Gasteiger charge is 2.59. The summed E-state index contributed by atoms with van der Waals surface area (Å²) in [6.45, 7) is 0. The predicted molar refractivity (Wildman–Crippen MR) is 108 cm³/mol. The largest absolute Gasteiger partial charge is 0.497 e. The summed E-state index contributed by atoms with van der Waals surface area (Å²) in [7, 11) is 1.58. The van der Waals surface area contributed by atoms with E-state index in [-0.39, 0.29) is 41.4 Å². The highest BCUT2D eigenvalue weighted by molar-refractivity contribution is 6.23. The molecule has 3 amide bonds. The van der Waals surface area contributed by atoms with Gasteiger partial charge in [0.25, 0.3) is 5.91 Å². The zero-order valence-electron chi connectivity index (χ0n) is 15.9. The van der Waals surface area contributed by atoms with Crippen LogP contribution in [0.2, 0.25) is 0 Å². The maximum absolute atomic E-state index is 12.9. The summed E-state index contributed by atoms with van der Waals surface area (Å²) in [5.74, 6) is 0.119. The number of nitrogens with one attached hydrogen (secondary N) is 1. The van der Waals surface area contributed by atoms with E-state index in [1.54, 1.807) is 55.6 Å². The van der Waals surface area contributed by atoms with E-state index in [1.807, 2.05) is 0 Å². The molecule has 0 spiro atoms. The minimum Gasteiger partial charge on any atom is -0.497 e. The number of allylic oxidation sites excluding steroid dienone is 2. The number of carbonyl (C=O) groups excluding carboxylic acids is 3. The average molecular weight is 388 g/mol. The highest BCUT2D eigenvalue weighted by Crippen LogP contribution is 2.53. The van der Waals surface area contributed by atoms with Crippen LogP contribution in [0.25, 0.3) is 0 Å². The van der Waals surface area contributed by atoms with Crippen molar-refractivity contribution in [2.75, 3.05) is 17.3 Å². The molecule has 6 heteroatoms. The van der Waals surface area contributed by atoms with Crippen molar-refractivity contribution >= 4 is 29.1 Å². The Balaban J connectivity index is 1.32. The second-order valence-electron chi connectivity index (χ2n) is 7.74. The molecular weight excluding hydrogens is 368 g/mol. The van der Waals surface area contributed by atoms with Crippen LogP contribution in [0.15, 0.2) is 60.7 Å². The predicted octanol–water partition coefficient (Wildman–Crippen LogP) is 3.26. The fourth-order valence-electron chi connectivity index (χ4n) is 4.80. The lowest BCUT2D eigenvalue weighted by molar-refractivity contribution is -0.123. The van der Waals surface area contributed by atoms with Crippen molar-refractivity contribution < 1.29 is 19.1 Å². The molecule has 5 rings (SSSR count). The van der Waals surface area contributed by atoms with E-state index in [0.29, 0.717) is 22.7 Å². The molecule has 4 atom stereocenters. The van der Waals surface area contributed by atoms with Gasteiger partial charge in [0.05, 0.1) is 24.6 Å². The lowest BCUT2D eigenvalue weighted by Crippen LogP contribution is -2.32. The van der Waals surface area contributed by atoms with Crippen LogP contribution in [0.4, 0.5) is 11.4 Å². The lowest BCUT2D eigenvalue weighted by atomic mass is 9.85. The second-order valence-corrected chi connectivity index (χ2v) is 7.74. The molecule has 2 aromatic rings. The summed E-state index contributed by atoms with van der Waals surface area (Å²) in [6.07, 6.45) is 5.06. The number of methoxy groups -OCH3 is 1. The van der Waals surface area contributed by atoms with Crippen LogP contribution in [-0.4, -0.2) is 24.8 Å². The van der Waals surface area contributed by atoms with Crippen molar-refractivity contribution in [1.29, 1.82) is 0 Å². The van der Waals surface area contributed by atoms with Crippen molar-refractivity contribution in [2.45, 2.75) is 6.42 Å². The van der Waals surface area contributed by atoms with E-state index in [2.05, 4.69) is 17.5 Å². The number of hydrogen-bond acceptors (Lipinski definition) is 4. The standard InChI is InChI=1S/C23H20N2O4/c1-29-18-10-6-16(7-11-18)24-21(26)13-4-8-17(9-5-13)25-22(27)19-14-2-3-15(12-14)20(19)23(25)28/h2-11,14-15,19-20H,12H2,1H3,(H,24,26)/t14-,15-,19-,20+/m0/s1. The van der Waals surface area contributed by atoms with Crippen LogP contribution in [-0.2, 0) is 9.59 Å². The Morgan fingerprint density at radius 2 is 1.52 bits per heavy atom. The quantitative estimate of drug-likeness (QED) is 0.644. The number of amides is 3. The molecule has 1 heterocycles. The maximum Gasteiger partial charge on any atom is 0.255 e. The van der Waals surface area contributed by atoms with Gasteiger partial charge in [-0.3, -0.25) is 19.3 Å². The number of anilines is 2. The monoisotopic (exact) mass is 388 g/mol. The molecule has 146 valence electrons. The molecule has 0 radical (unpaired) electrons. The molecule has 0 unspecified atom stereocenters. The number of hydrogen-bond donors (Lipinski definition) is 1. The van der Waals surface area contributed by atoms with Crippen LogP contribution in [0.1, 0.15) is 16.8 Å². The summed E-state index contributed by atoms with van der Waals surface area (Å²) in [5.41, 5.74) is 1.63. The summed E-state index contributed by atoms with van der Waals surface area (Å²) < 4.78 is 5.11. The molecule has 1 aliphatic heterocycles. The molecule has 6 nitrogen and oxygen atoms in total. The van der Waals surface area contributed by atoms with Crippen LogP contribution in [0.5, 0.6) is 5.75 Å². The molecule has 2 aliphatic carbocycles. The smallest absolute Gasteiger partial charge is 0.255 e. The van der Waals surface area contributed by atoms with Crippen LogP contribution < -0.4 is 15.0 Å². The first-order valence-corrected chi connectivity index (χ1v) is 9.68. The van der Waals surface area contributed by atoms with Gasteiger partial charge in [-0.1, -0.05) is 12.2 Å². The van der Waals surface area contributed by atoms with Gasteiger partial charge in [-0.25, -0.2) is 0 Å². The first-order valence-electron chi connectivity index (χ1n) is 9.68. The van der Waals surface area contributed by atoms with Crippen molar-refractivity contribution in [2.24, 2.45) is 23.7 Å². The highest BCUT2D eigenvalue weighted by atomic mass is 16.5. The van der Waals surface area contributed by atoms with E-state index in [4.69, 9.17) is 4.74 Å². The molecule has 1 saturated carbocycles. The topological polar surface area (TPSA) is 75.7 Å². The minimum absolute atomic E-state index is 0.118. The van der Waals surface area contributed by atoms with E-state index in [9.17, 15) is 14.4 Å². The Hall–Kier alpha value is -3.41. The number of carbonyl (C=O) groups is 3. The Bertz CT molecular complexity index is 996. The molecule has 1 saturated heterocycles. The summed E-state index contributed by atoms with van der Waals surface area (Å²) in [5, 5.41) is 2.82. The lowest BCUT2D eigenvalue weighted by Gasteiger charge is -2.17. The SMILES string of the molecule is COc1ccc(NC(=O)c2ccc(N3C(=O)[C@@H]4[C@H](C3=O)[C@H]3C=C[C@H]4C3)cc2)cc1. The number of ether oxygens (including phenoxy) is 1. The van der Waals surface area contributed by atoms with Gasteiger partial charge in [-0.2, -0.15) is 0 Å². The van der Waals surface area contributed by atoms with Gasteiger partial charge in [-0.15, -0.1) is 0 Å². The van der Waals surface area contributed by atoms with E-state index in [0.717, 1.165) is 6.42 Å². The fraction of sp³-hybridized carbons (Fsp3) is 0.261. The number of nitrogens with zero attached hydrogens (tertiary/aromatic N) is 1. The van der Waals surface area contributed by atoms with Gasteiger partial charge in [0, 0.05) is 11.3 Å². The molecule has 2 bridgehead atoms. The van der Waals surface area contributed by atoms with Gasteiger partial charge in [0.15, 0.2) is 0 Å². The summed E-state index contributed by atoms with van der Waals surface area (Å²) in [6, 6.07) is 13.6. The fourth-order valence-corrected chi connectivity index (χ4v) is 4.80. The third-order valence-electron chi connectivity index (χ3n) is 6.21. The van der Waals surface area contributed by atoms with E-state index >= 15 is 0 Å². The summed E-state index contributed by atoms with van der Waals surface area (Å²) >= 11 is 0. The average Bonchev–Trinajstić information content (AvgIpc) is 3.42. The number of fused-ring (bicyclic) bond motifs is 5. The third kappa shape index (κ3) is 2.75. The second kappa shape index (κ2) is 6.58. The Kier molecular flexibility index (Phi) is 4.01. The van der Waals surface area contributed by atoms with Gasteiger partial charge >= 0.3 is 0 Å². The van der Waals surface area contributed by atoms with Crippen LogP contribution in [0.3, 0.4) is 0 Å². The van der Waals surface area contributed by atoms with E-state index in [1.165, 1.54) is 4.90 Å². The van der Waals surface area contributed by atoms with Crippen molar-refractivity contribution in [3.05, 3.63) is 66.2 Å². The molecule has 2 aromatic carbocycles. The number of imide groups is 1. The Labute approximate surface area is 168 Å². The molecule has 3 aliphatic rings. The molecule has 1 N–H and O–H groups in total. The molecule has 2 fully saturated rings. The molecular formula is C23H20N2O4. The zero-order chi connectivity index (χ0) is 20.1. The van der Waals surface area contributed by atoms with Gasteiger partial charge in [0.2, 0.25) is 11.8 Å². The Morgan fingerprint density at radius 3 is 2.07 bits per heavy atom. The van der Waals surface area contributed by atoms with Crippen LogP contribution in [0, 0.1) is 23.7 Å². The van der Waals surface area contributed by atoms with Crippen molar-refractivity contribution in [3.63, 3.8) is 0 Å². The summed E-state index contributed by atoms with van der Waals surface area (Å²) in [4.78, 5) is 39.5. The van der Waals surface area contributed by atoms with E-state index < -0.39 is 0 Å². The molecule has 29 heavy (non-hydrogen) atoms. The maximum atomic E-state index is 12.9. The van der Waals surface area contributed by atoms with Gasteiger partial charge in [0.1, 0.15) is 5.75 Å². The van der Waals surface area contributed by atoms with Crippen molar-refractivity contribution in [1.82, 2.24) is 0 Å². The van der Waals surface area contributed by atoms with Crippen LogP contribution >= 0.6 is 0 Å².